The minimum absolute atomic E-state index is 0.0892. The van der Waals surface area contributed by atoms with Gasteiger partial charge in [-0.3, -0.25) is 4.98 Å². The summed E-state index contributed by atoms with van der Waals surface area (Å²) in [4.78, 5) is 4.17. The minimum Gasteiger partial charge on any atom is -0.398 e. The highest BCUT2D eigenvalue weighted by Gasteiger charge is 1.99. The molecular weight excluding hydrogens is 176 g/mol. The Morgan fingerprint density at radius 2 is 2.36 bits per heavy atom. The predicted octanol–water partition coefficient (Wildman–Crippen LogP) is -0.0770. The van der Waals surface area contributed by atoms with Gasteiger partial charge in [0.05, 0.1) is 12.0 Å². The number of nitrogens with zero attached hydrogens (tertiary/aromatic N) is 1. The third-order valence-corrected chi connectivity index (χ3v) is 2.01. The summed E-state index contributed by atoms with van der Waals surface area (Å²) in [7, 11) is 0. The van der Waals surface area contributed by atoms with Gasteiger partial charge in [-0.2, -0.15) is 0 Å². The summed E-state index contributed by atoms with van der Waals surface area (Å²) in [6, 6.07) is 0. The molecule has 0 unspecified atom stereocenters. The van der Waals surface area contributed by atoms with Crippen LogP contribution >= 0.6 is 0 Å². The molecule has 0 amide bonds. The first-order valence-electron chi connectivity index (χ1n) is 4.38. The number of pyridine rings is 1. The summed E-state index contributed by atoms with van der Waals surface area (Å²) in [5.74, 6) is 0. The summed E-state index contributed by atoms with van der Waals surface area (Å²) in [5.41, 5.74) is 7.08. The molecule has 14 heavy (non-hydrogen) atoms. The van der Waals surface area contributed by atoms with E-state index in [9.17, 15) is 0 Å². The van der Waals surface area contributed by atoms with Gasteiger partial charge in [-0.05, 0) is 13.0 Å². The highest BCUT2D eigenvalue weighted by molar-refractivity contribution is 5.51. The molecule has 3 N–H and O–H groups in total. The number of hydrogen-bond acceptors (Lipinski definition) is 3. The molecule has 0 saturated carbocycles. The second kappa shape index (κ2) is 4.58. The van der Waals surface area contributed by atoms with Gasteiger partial charge < -0.3 is 10.8 Å². The van der Waals surface area contributed by atoms with Gasteiger partial charge in [0.25, 0.3) is 0 Å². The maximum atomic E-state index is 8.99. The number of nitrogens with two attached hydrogens (primary N) is 1. The van der Waals surface area contributed by atoms with Crippen LogP contribution < -0.4 is 16.3 Å². The summed E-state index contributed by atoms with van der Waals surface area (Å²) < 4.78 is 0. The van der Waals surface area contributed by atoms with Crippen molar-refractivity contribution in [2.45, 2.75) is 13.5 Å². The van der Waals surface area contributed by atoms with Gasteiger partial charge in [-0.15, -0.1) is 0 Å². The predicted molar refractivity (Wildman–Crippen MR) is 58.6 cm³/mol. The average molecular weight is 190 g/mol. The summed E-state index contributed by atoms with van der Waals surface area (Å²) in [6.45, 7) is 5.40. The van der Waals surface area contributed by atoms with Crippen LogP contribution in [0.2, 0.25) is 0 Å². The second-order valence-electron chi connectivity index (χ2n) is 2.85. The Morgan fingerprint density at radius 1 is 1.64 bits per heavy atom. The molecular formula is C11H14N2O. The van der Waals surface area contributed by atoms with Crippen molar-refractivity contribution in [2.75, 3.05) is 5.73 Å². The van der Waals surface area contributed by atoms with Crippen molar-refractivity contribution in [1.29, 1.82) is 0 Å². The van der Waals surface area contributed by atoms with Crippen LogP contribution in [0.15, 0.2) is 18.9 Å². The maximum absolute atomic E-state index is 8.99. The second-order valence-corrected chi connectivity index (χ2v) is 2.85. The SMILES string of the molecule is C=C/C=c1/ncc(CO)c(N)/c1=C/C. The first-order valence-corrected chi connectivity index (χ1v) is 4.38. The van der Waals surface area contributed by atoms with E-state index in [2.05, 4.69) is 11.6 Å². The zero-order valence-corrected chi connectivity index (χ0v) is 8.20. The van der Waals surface area contributed by atoms with E-state index in [1.165, 1.54) is 0 Å². The zero-order valence-electron chi connectivity index (χ0n) is 8.20. The van der Waals surface area contributed by atoms with Crippen LogP contribution in [0.25, 0.3) is 12.2 Å². The zero-order chi connectivity index (χ0) is 10.6. The molecule has 0 radical (unpaired) electrons. The number of aliphatic hydroxyl groups is 1. The monoisotopic (exact) mass is 190 g/mol. The normalized spacial score (nSPS) is 13.3. The van der Waals surface area contributed by atoms with E-state index in [4.69, 9.17) is 10.8 Å². The smallest absolute Gasteiger partial charge is 0.0719 e. The number of nitrogen functional groups attached to an aromatic ring is 1. The van der Waals surface area contributed by atoms with Crippen LogP contribution in [0.5, 0.6) is 0 Å². The number of aliphatic hydroxyl groups excluding tert-OH is 1. The fraction of sp³-hybridized carbons (Fsp3) is 0.182. The number of hydrogen-bond donors (Lipinski definition) is 2. The van der Waals surface area contributed by atoms with Gasteiger partial charge in [0, 0.05) is 22.7 Å². The van der Waals surface area contributed by atoms with Crippen molar-refractivity contribution in [3.05, 3.63) is 35.0 Å². The summed E-state index contributed by atoms with van der Waals surface area (Å²) in [5, 5.41) is 10.6. The van der Waals surface area contributed by atoms with Crippen LogP contribution in [0.3, 0.4) is 0 Å². The molecule has 0 aliphatic heterocycles. The van der Waals surface area contributed by atoms with Crippen LogP contribution in [0, 0.1) is 0 Å². The third-order valence-electron chi connectivity index (χ3n) is 2.01. The molecule has 1 heterocycles. The van der Waals surface area contributed by atoms with Crippen molar-refractivity contribution < 1.29 is 5.11 Å². The molecule has 0 saturated heterocycles. The fourth-order valence-corrected chi connectivity index (χ4v) is 1.27. The molecule has 1 aromatic rings. The number of aromatic nitrogens is 1. The van der Waals surface area contributed by atoms with Crippen molar-refractivity contribution in [3.63, 3.8) is 0 Å². The van der Waals surface area contributed by atoms with E-state index in [0.29, 0.717) is 11.3 Å². The largest absolute Gasteiger partial charge is 0.398 e. The quantitative estimate of drug-likeness (QED) is 0.686. The van der Waals surface area contributed by atoms with E-state index in [-0.39, 0.29) is 6.61 Å². The lowest BCUT2D eigenvalue weighted by Crippen LogP contribution is -2.31. The van der Waals surface area contributed by atoms with Gasteiger partial charge in [-0.25, -0.2) is 0 Å². The molecule has 0 atom stereocenters. The van der Waals surface area contributed by atoms with E-state index >= 15 is 0 Å². The molecule has 3 nitrogen and oxygen atoms in total. The molecule has 0 bridgehead atoms. The highest BCUT2D eigenvalue weighted by atomic mass is 16.3. The lowest BCUT2D eigenvalue weighted by Gasteiger charge is -2.02. The molecule has 0 aromatic carbocycles. The van der Waals surface area contributed by atoms with Gasteiger partial charge in [-0.1, -0.05) is 18.7 Å². The molecule has 1 aromatic heterocycles. The fourth-order valence-electron chi connectivity index (χ4n) is 1.27. The van der Waals surface area contributed by atoms with Crippen LogP contribution in [-0.4, -0.2) is 10.1 Å². The molecule has 1 rings (SSSR count). The maximum Gasteiger partial charge on any atom is 0.0719 e. The van der Waals surface area contributed by atoms with E-state index in [1.807, 2.05) is 13.0 Å². The van der Waals surface area contributed by atoms with E-state index in [1.54, 1.807) is 18.3 Å². The topological polar surface area (TPSA) is 59.1 Å². The van der Waals surface area contributed by atoms with Gasteiger partial charge in [0.2, 0.25) is 0 Å². The van der Waals surface area contributed by atoms with Gasteiger partial charge in [0.1, 0.15) is 0 Å². The number of anilines is 1. The Hall–Kier alpha value is -1.61. The standard InChI is InChI=1S/C11H14N2O/c1-3-5-10-9(4-2)11(12)8(7-14)6-13-10/h3-6,14H,1,7,12H2,2H3/b9-4+,10-5+. The van der Waals surface area contributed by atoms with Crippen molar-refractivity contribution in [3.8, 4) is 0 Å². The molecule has 0 aliphatic carbocycles. The average Bonchev–Trinajstić information content (AvgIpc) is 2.19. The Kier molecular flexibility index (Phi) is 3.42. The van der Waals surface area contributed by atoms with E-state index in [0.717, 1.165) is 10.6 Å². The Morgan fingerprint density at radius 3 is 2.86 bits per heavy atom. The van der Waals surface area contributed by atoms with Crippen molar-refractivity contribution >= 4 is 17.8 Å². The molecule has 0 fully saturated rings. The summed E-state index contributed by atoms with van der Waals surface area (Å²) in [6.07, 6.45) is 6.90. The molecule has 74 valence electrons. The van der Waals surface area contributed by atoms with Crippen LogP contribution in [0.4, 0.5) is 5.69 Å². The lowest BCUT2D eigenvalue weighted by molar-refractivity contribution is 0.282. The number of allylic oxidation sites excluding steroid dienone is 1. The lowest BCUT2D eigenvalue weighted by atomic mass is 10.2. The summed E-state index contributed by atoms with van der Waals surface area (Å²) >= 11 is 0. The Balaban J connectivity index is 3.62. The van der Waals surface area contributed by atoms with Crippen molar-refractivity contribution in [1.82, 2.24) is 4.98 Å². The Labute approximate surface area is 82.9 Å². The Bertz CT molecular complexity index is 449. The van der Waals surface area contributed by atoms with Gasteiger partial charge in [0.15, 0.2) is 0 Å². The molecule has 0 aliphatic rings. The molecule has 3 heteroatoms. The van der Waals surface area contributed by atoms with Crippen LogP contribution in [-0.2, 0) is 6.61 Å². The third kappa shape index (κ3) is 1.83. The first-order chi connectivity index (χ1) is 6.74. The van der Waals surface area contributed by atoms with Crippen LogP contribution in [0.1, 0.15) is 12.5 Å². The molecule has 0 spiro atoms. The van der Waals surface area contributed by atoms with Gasteiger partial charge >= 0.3 is 0 Å². The highest BCUT2D eigenvalue weighted by Crippen LogP contribution is 2.00. The minimum atomic E-state index is -0.0892. The first kappa shape index (κ1) is 10.5. The van der Waals surface area contributed by atoms with E-state index < -0.39 is 0 Å². The van der Waals surface area contributed by atoms with Crippen molar-refractivity contribution in [2.24, 2.45) is 0 Å². The number of rotatable bonds is 2.